The van der Waals surface area contributed by atoms with Gasteiger partial charge in [-0.05, 0) is 18.6 Å². The van der Waals surface area contributed by atoms with E-state index in [1.807, 2.05) is 37.3 Å². The second-order valence-electron chi connectivity index (χ2n) is 7.00. The summed E-state index contributed by atoms with van der Waals surface area (Å²) in [5.41, 5.74) is 1.03. The van der Waals surface area contributed by atoms with Crippen LogP contribution in [0.3, 0.4) is 0 Å². The molecule has 1 saturated heterocycles. The van der Waals surface area contributed by atoms with Crippen LogP contribution in [0, 0.1) is 16.0 Å². The van der Waals surface area contributed by atoms with Gasteiger partial charge in [0, 0.05) is 30.8 Å². The SMILES string of the molecule is C[C@H](c1ccccc1)N1C[C@H](C(=O)OCC(=O)Nc2cccc([N+](=O)[O-])c2)CC1=O. The van der Waals surface area contributed by atoms with E-state index in [1.165, 1.54) is 24.3 Å². The number of nitrogens with zero attached hydrogens (tertiary/aromatic N) is 2. The molecule has 1 N–H and O–H groups in total. The lowest BCUT2D eigenvalue weighted by molar-refractivity contribution is -0.384. The summed E-state index contributed by atoms with van der Waals surface area (Å²) in [6.45, 7) is 1.58. The molecule has 0 unspecified atom stereocenters. The third-order valence-corrected chi connectivity index (χ3v) is 4.93. The van der Waals surface area contributed by atoms with E-state index in [0.717, 1.165) is 5.56 Å². The Morgan fingerprint density at radius 1 is 1.23 bits per heavy atom. The van der Waals surface area contributed by atoms with Crippen molar-refractivity contribution in [1.29, 1.82) is 0 Å². The molecule has 2 amide bonds. The number of esters is 1. The molecule has 2 aromatic rings. The van der Waals surface area contributed by atoms with Gasteiger partial charge in [0.2, 0.25) is 5.91 Å². The summed E-state index contributed by atoms with van der Waals surface area (Å²) in [5.74, 6) is -2.04. The van der Waals surface area contributed by atoms with Gasteiger partial charge in [0.25, 0.3) is 11.6 Å². The summed E-state index contributed by atoms with van der Waals surface area (Å²) in [6, 6.07) is 14.8. The van der Waals surface area contributed by atoms with Gasteiger partial charge < -0.3 is 15.0 Å². The fourth-order valence-corrected chi connectivity index (χ4v) is 3.32. The summed E-state index contributed by atoms with van der Waals surface area (Å²) in [7, 11) is 0. The quantitative estimate of drug-likeness (QED) is 0.425. The first-order valence-corrected chi connectivity index (χ1v) is 9.40. The number of likely N-dealkylation sites (tertiary alicyclic amines) is 1. The topological polar surface area (TPSA) is 119 Å². The van der Waals surface area contributed by atoms with Crippen molar-refractivity contribution in [3.8, 4) is 0 Å². The standard InChI is InChI=1S/C21H21N3O6/c1-14(15-6-3-2-4-7-15)23-12-16(10-20(23)26)21(27)30-13-19(25)22-17-8-5-9-18(11-17)24(28)29/h2-9,11,14,16H,10,12-13H2,1H3,(H,22,25)/t14-,16-/m1/s1. The van der Waals surface area contributed by atoms with Crippen LogP contribution in [-0.2, 0) is 19.1 Å². The molecule has 9 heteroatoms. The highest BCUT2D eigenvalue weighted by Gasteiger charge is 2.38. The zero-order valence-corrected chi connectivity index (χ0v) is 16.3. The summed E-state index contributed by atoms with van der Waals surface area (Å²) < 4.78 is 5.06. The van der Waals surface area contributed by atoms with E-state index in [9.17, 15) is 24.5 Å². The summed E-state index contributed by atoms with van der Waals surface area (Å²) in [6.07, 6.45) is 0.0303. The number of non-ortho nitro benzene ring substituents is 1. The Morgan fingerprint density at radius 2 is 1.97 bits per heavy atom. The van der Waals surface area contributed by atoms with Gasteiger partial charge >= 0.3 is 5.97 Å². The van der Waals surface area contributed by atoms with Gasteiger partial charge in [-0.25, -0.2) is 0 Å². The van der Waals surface area contributed by atoms with Crippen molar-refractivity contribution < 1.29 is 24.0 Å². The zero-order valence-electron chi connectivity index (χ0n) is 16.3. The van der Waals surface area contributed by atoms with E-state index in [2.05, 4.69) is 5.32 Å². The smallest absolute Gasteiger partial charge is 0.311 e. The monoisotopic (exact) mass is 411 g/mol. The first kappa shape index (κ1) is 21.0. The Kier molecular flexibility index (Phi) is 6.41. The first-order valence-electron chi connectivity index (χ1n) is 9.40. The fourth-order valence-electron chi connectivity index (χ4n) is 3.32. The van der Waals surface area contributed by atoms with Gasteiger partial charge in [-0.15, -0.1) is 0 Å². The van der Waals surface area contributed by atoms with E-state index in [1.54, 1.807) is 4.90 Å². The second-order valence-corrected chi connectivity index (χ2v) is 7.00. The number of benzene rings is 2. The van der Waals surface area contributed by atoms with Gasteiger partial charge in [-0.1, -0.05) is 36.4 Å². The summed E-state index contributed by atoms with van der Waals surface area (Å²) in [5, 5.41) is 13.2. The maximum atomic E-state index is 12.4. The van der Waals surface area contributed by atoms with E-state index in [-0.39, 0.29) is 36.3 Å². The minimum atomic E-state index is -0.644. The molecule has 1 fully saturated rings. The number of nitro benzene ring substituents is 1. The number of hydrogen-bond donors (Lipinski definition) is 1. The molecule has 0 bridgehead atoms. The molecule has 2 atom stereocenters. The zero-order chi connectivity index (χ0) is 21.7. The number of nitrogens with one attached hydrogen (secondary N) is 1. The van der Waals surface area contributed by atoms with Gasteiger partial charge in [0.15, 0.2) is 6.61 Å². The van der Waals surface area contributed by atoms with Crippen molar-refractivity contribution >= 4 is 29.2 Å². The maximum absolute atomic E-state index is 12.4. The van der Waals surface area contributed by atoms with Crippen molar-refractivity contribution in [3.05, 3.63) is 70.3 Å². The molecule has 3 rings (SSSR count). The van der Waals surface area contributed by atoms with Crippen molar-refractivity contribution in [3.63, 3.8) is 0 Å². The Bertz CT molecular complexity index is 962. The molecule has 0 aliphatic carbocycles. The van der Waals surface area contributed by atoms with Crippen LogP contribution >= 0.6 is 0 Å². The summed E-state index contributed by atoms with van der Waals surface area (Å²) >= 11 is 0. The highest BCUT2D eigenvalue weighted by atomic mass is 16.6. The molecule has 9 nitrogen and oxygen atoms in total. The lowest BCUT2D eigenvalue weighted by Crippen LogP contribution is -2.30. The average Bonchev–Trinajstić information content (AvgIpc) is 3.14. The third-order valence-electron chi connectivity index (χ3n) is 4.93. The van der Waals surface area contributed by atoms with Crippen molar-refractivity contribution in [2.45, 2.75) is 19.4 Å². The largest absolute Gasteiger partial charge is 0.455 e. The first-order chi connectivity index (χ1) is 14.3. The van der Waals surface area contributed by atoms with Gasteiger partial charge in [0.1, 0.15) is 0 Å². The molecule has 0 radical (unpaired) electrons. The number of anilines is 1. The molecule has 30 heavy (non-hydrogen) atoms. The molecular formula is C21H21N3O6. The van der Waals surface area contributed by atoms with Crippen LogP contribution in [0.25, 0.3) is 0 Å². The van der Waals surface area contributed by atoms with Crippen LogP contribution in [0.15, 0.2) is 54.6 Å². The van der Waals surface area contributed by atoms with Crippen LogP contribution in [0.4, 0.5) is 11.4 Å². The molecule has 0 spiro atoms. The Hall–Kier alpha value is -3.75. The predicted molar refractivity (Wildman–Crippen MR) is 107 cm³/mol. The van der Waals surface area contributed by atoms with Gasteiger partial charge in [-0.3, -0.25) is 24.5 Å². The lowest BCUT2D eigenvalue weighted by atomic mass is 10.1. The van der Waals surface area contributed by atoms with Gasteiger partial charge in [-0.2, -0.15) is 0 Å². The van der Waals surface area contributed by atoms with E-state index >= 15 is 0 Å². The van der Waals surface area contributed by atoms with Crippen LogP contribution in [0.5, 0.6) is 0 Å². The molecule has 1 aliphatic heterocycles. The van der Waals surface area contributed by atoms with Gasteiger partial charge in [0.05, 0.1) is 16.9 Å². The van der Waals surface area contributed by atoms with Crippen molar-refractivity contribution in [2.75, 3.05) is 18.5 Å². The highest BCUT2D eigenvalue weighted by Crippen LogP contribution is 2.29. The second kappa shape index (κ2) is 9.17. The number of amides is 2. The number of nitro groups is 1. The van der Waals surface area contributed by atoms with Crippen LogP contribution in [0.2, 0.25) is 0 Å². The van der Waals surface area contributed by atoms with Crippen molar-refractivity contribution in [2.24, 2.45) is 5.92 Å². The number of ether oxygens (including phenoxy) is 1. The highest BCUT2D eigenvalue weighted by molar-refractivity contribution is 5.94. The normalized spacial score (nSPS) is 16.8. The molecule has 2 aromatic carbocycles. The average molecular weight is 411 g/mol. The molecule has 156 valence electrons. The minimum absolute atomic E-state index is 0.0303. The Balaban J connectivity index is 1.51. The fraction of sp³-hybridized carbons (Fsp3) is 0.286. The maximum Gasteiger partial charge on any atom is 0.311 e. The number of carbonyl (C=O) groups excluding carboxylic acids is 3. The molecule has 0 aromatic heterocycles. The molecule has 1 heterocycles. The minimum Gasteiger partial charge on any atom is -0.455 e. The number of hydrogen-bond acceptors (Lipinski definition) is 6. The number of rotatable bonds is 7. The Morgan fingerprint density at radius 3 is 2.67 bits per heavy atom. The van der Waals surface area contributed by atoms with Crippen LogP contribution in [-0.4, -0.2) is 40.8 Å². The molecule has 1 aliphatic rings. The lowest BCUT2D eigenvalue weighted by Gasteiger charge is -2.25. The summed E-state index contributed by atoms with van der Waals surface area (Å²) in [4.78, 5) is 48.5. The number of carbonyl (C=O) groups is 3. The Labute approximate surface area is 172 Å². The van der Waals surface area contributed by atoms with Crippen LogP contribution in [0.1, 0.15) is 24.9 Å². The van der Waals surface area contributed by atoms with E-state index in [0.29, 0.717) is 0 Å². The van der Waals surface area contributed by atoms with Crippen LogP contribution < -0.4 is 5.32 Å². The predicted octanol–water partition coefficient (Wildman–Crippen LogP) is 2.69. The third kappa shape index (κ3) is 4.99. The van der Waals surface area contributed by atoms with Crippen molar-refractivity contribution in [1.82, 2.24) is 4.90 Å². The molecule has 0 saturated carbocycles. The van der Waals surface area contributed by atoms with E-state index in [4.69, 9.17) is 4.74 Å². The van der Waals surface area contributed by atoms with E-state index < -0.39 is 29.3 Å². The molecular weight excluding hydrogens is 390 g/mol.